The van der Waals surface area contributed by atoms with Crippen LogP contribution in [0.5, 0.6) is 0 Å². The summed E-state index contributed by atoms with van der Waals surface area (Å²) >= 11 is 5.70. The van der Waals surface area contributed by atoms with Gasteiger partial charge in [0.15, 0.2) is 6.19 Å². The lowest BCUT2D eigenvalue weighted by molar-refractivity contribution is 1.41. The molecule has 2 nitrogen and oxygen atoms in total. The highest BCUT2D eigenvalue weighted by atomic mass is 35.5. The van der Waals surface area contributed by atoms with Gasteiger partial charge in [0.2, 0.25) is 0 Å². The van der Waals surface area contributed by atoms with Crippen molar-refractivity contribution in [2.45, 2.75) is 6.92 Å². The topological polar surface area (TPSA) is 35.8 Å². The molecule has 0 aliphatic heterocycles. The Bertz CT molecular complexity index is 301. The van der Waals surface area contributed by atoms with Gasteiger partial charge in [-0.1, -0.05) is 17.7 Å². The van der Waals surface area contributed by atoms with Gasteiger partial charge in [-0.05, 0) is 24.6 Å². The van der Waals surface area contributed by atoms with Crippen LogP contribution in [-0.4, -0.2) is 0 Å². The average Bonchev–Trinajstić information content (AvgIpc) is 1.98. The van der Waals surface area contributed by atoms with Gasteiger partial charge in [0.05, 0.1) is 5.69 Å². The van der Waals surface area contributed by atoms with E-state index in [4.69, 9.17) is 16.9 Å². The normalized spacial score (nSPS) is 8.82. The van der Waals surface area contributed by atoms with Crippen LogP contribution < -0.4 is 5.32 Å². The Morgan fingerprint density at radius 1 is 1.55 bits per heavy atom. The summed E-state index contributed by atoms with van der Waals surface area (Å²) in [6, 6.07) is 5.38. The van der Waals surface area contributed by atoms with E-state index < -0.39 is 0 Å². The van der Waals surface area contributed by atoms with Gasteiger partial charge in [-0.15, -0.1) is 0 Å². The molecule has 0 amide bonds. The van der Waals surface area contributed by atoms with Crippen molar-refractivity contribution in [1.82, 2.24) is 0 Å². The Morgan fingerprint density at radius 3 is 2.91 bits per heavy atom. The molecular weight excluding hydrogens is 160 g/mol. The molecule has 0 heterocycles. The van der Waals surface area contributed by atoms with Crippen molar-refractivity contribution in [2.75, 3.05) is 5.32 Å². The molecule has 0 radical (unpaired) electrons. The molecule has 0 saturated carbocycles. The quantitative estimate of drug-likeness (QED) is 0.514. The molecule has 0 aliphatic carbocycles. The van der Waals surface area contributed by atoms with E-state index in [9.17, 15) is 0 Å². The number of nitrogens with zero attached hydrogens (tertiary/aromatic N) is 1. The maximum atomic E-state index is 8.33. The first-order valence-electron chi connectivity index (χ1n) is 3.15. The Labute approximate surface area is 70.4 Å². The number of benzene rings is 1. The molecule has 0 aromatic heterocycles. The molecule has 56 valence electrons. The van der Waals surface area contributed by atoms with Crippen LogP contribution in [0.15, 0.2) is 18.2 Å². The molecule has 0 aliphatic rings. The van der Waals surface area contributed by atoms with Crippen LogP contribution in [0.4, 0.5) is 5.69 Å². The van der Waals surface area contributed by atoms with Gasteiger partial charge < -0.3 is 0 Å². The number of hydrogen-bond donors (Lipinski definition) is 1. The van der Waals surface area contributed by atoms with Gasteiger partial charge in [-0.25, -0.2) is 0 Å². The fourth-order valence-electron chi connectivity index (χ4n) is 0.789. The Morgan fingerprint density at radius 2 is 2.27 bits per heavy atom. The zero-order valence-electron chi connectivity index (χ0n) is 6.06. The van der Waals surface area contributed by atoms with E-state index in [1.54, 1.807) is 12.1 Å². The van der Waals surface area contributed by atoms with E-state index in [1.165, 1.54) is 0 Å². The minimum absolute atomic E-state index is 0.633. The molecule has 1 rings (SSSR count). The molecule has 0 spiro atoms. The molecule has 0 saturated heterocycles. The van der Waals surface area contributed by atoms with Gasteiger partial charge in [-0.3, -0.25) is 5.32 Å². The largest absolute Gasteiger partial charge is 0.293 e. The molecule has 1 aromatic carbocycles. The Hall–Kier alpha value is -1.20. The summed E-state index contributed by atoms with van der Waals surface area (Å²) in [5.41, 5.74) is 1.77. The van der Waals surface area contributed by atoms with Crippen molar-refractivity contribution in [3.05, 3.63) is 28.8 Å². The zero-order chi connectivity index (χ0) is 8.27. The summed E-state index contributed by atoms with van der Waals surface area (Å²) in [4.78, 5) is 0. The van der Waals surface area contributed by atoms with Crippen molar-refractivity contribution < 1.29 is 0 Å². The predicted octanol–water partition coefficient (Wildman–Crippen LogP) is 2.54. The molecule has 3 heteroatoms. The van der Waals surface area contributed by atoms with E-state index in [1.807, 2.05) is 19.2 Å². The van der Waals surface area contributed by atoms with Crippen molar-refractivity contribution in [2.24, 2.45) is 0 Å². The molecule has 0 unspecified atom stereocenters. The fraction of sp³-hybridized carbons (Fsp3) is 0.125. The van der Waals surface area contributed by atoms with Crippen LogP contribution in [0.1, 0.15) is 5.56 Å². The monoisotopic (exact) mass is 166 g/mol. The van der Waals surface area contributed by atoms with Crippen LogP contribution >= 0.6 is 11.6 Å². The van der Waals surface area contributed by atoms with Crippen LogP contribution in [0.2, 0.25) is 5.02 Å². The second-order valence-corrected chi connectivity index (χ2v) is 2.63. The summed E-state index contributed by atoms with van der Waals surface area (Å²) in [6.45, 7) is 1.91. The Balaban J connectivity index is 3.05. The van der Waals surface area contributed by atoms with Gasteiger partial charge >= 0.3 is 0 Å². The molecule has 0 fully saturated rings. The fourth-order valence-corrected chi connectivity index (χ4v) is 0.961. The second kappa shape index (κ2) is 3.27. The number of anilines is 1. The number of halogens is 1. The van der Waals surface area contributed by atoms with Gasteiger partial charge in [0.25, 0.3) is 0 Å². The molecular formula is C8H7ClN2. The summed E-state index contributed by atoms with van der Waals surface area (Å²) in [6.07, 6.45) is 1.84. The standard InChI is InChI=1S/C8H7ClN2/c1-6-2-3-7(9)4-8(6)11-5-10/h2-4,11H,1H3. The lowest BCUT2D eigenvalue weighted by atomic mass is 10.2. The smallest absolute Gasteiger partial charge is 0.181 e. The van der Waals surface area contributed by atoms with Crippen molar-refractivity contribution in [3.8, 4) is 6.19 Å². The second-order valence-electron chi connectivity index (χ2n) is 2.20. The summed E-state index contributed by atoms with van der Waals surface area (Å²) in [5.74, 6) is 0. The van der Waals surface area contributed by atoms with E-state index in [-0.39, 0.29) is 0 Å². The van der Waals surface area contributed by atoms with E-state index >= 15 is 0 Å². The van der Waals surface area contributed by atoms with Gasteiger partial charge in [-0.2, -0.15) is 5.26 Å². The minimum atomic E-state index is 0.633. The highest BCUT2D eigenvalue weighted by molar-refractivity contribution is 6.30. The summed E-state index contributed by atoms with van der Waals surface area (Å²) in [5, 5.41) is 11.5. The highest BCUT2D eigenvalue weighted by Crippen LogP contribution is 2.19. The number of nitrogens with one attached hydrogen (secondary N) is 1. The Kier molecular flexibility index (Phi) is 2.35. The molecule has 0 atom stereocenters. The first-order chi connectivity index (χ1) is 5.24. The molecule has 1 aromatic rings. The van der Waals surface area contributed by atoms with Crippen LogP contribution in [-0.2, 0) is 0 Å². The number of aryl methyl sites for hydroxylation is 1. The predicted molar refractivity (Wildman–Crippen MR) is 45.4 cm³/mol. The van der Waals surface area contributed by atoms with Crippen LogP contribution in [0.3, 0.4) is 0 Å². The van der Waals surface area contributed by atoms with Crippen molar-refractivity contribution in [1.29, 1.82) is 5.26 Å². The van der Waals surface area contributed by atoms with E-state index in [0.717, 1.165) is 11.3 Å². The molecule has 1 N–H and O–H groups in total. The van der Waals surface area contributed by atoms with Gasteiger partial charge in [0.1, 0.15) is 0 Å². The third-order valence-corrected chi connectivity index (χ3v) is 1.63. The third kappa shape index (κ3) is 1.86. The number of rotatable bonds is 1. The van der Waals surface area contributed by atoms with Crippen molar-refractivity contribution >= 4 is 17.3 Å². The maximum Gasteiger partial charge on any atom is 0.181 e. The zero-order valence-corrected chi connectivity index (χ0v) is 6.81. The highest BCUT2D eigenvalue weighted by Gasteiger charge is 1.96. The summed E-state index contributed by atoms with van der Waals surface area (Å²) < 4.78 is 0. The third-order valence-electron chi connectivity index (χ3n) is 1.39. The average molecular weight is 167 g/mol. The molecule has 0 bridgehead atoms. The summed E-state index contributed by atoms with van der Waals surface area (Å²) in [7, 11) is 0. The molecule has 11 heavy (non-hydrogen) atoms. The first-order valence-corrected chi connectivity index (χ1v) is 3.53. The lowest BCUT2D eigenvalue weighted by Crippen LogP contribution is -1.89. The number of hydrogen-bond acceptors (Lipinski definition) is 2. The van der Waals surface area contributed by atoms with Crippen molar-refractivity contribution in [3.63, 3.8) is 0 Å². The van der Waals surface area contributed by atoms with Crippen LogP contribution in [0, 0.1) is 18.4 Å². The van der Waals surface area contributed by atoms with Crippen LogP contribution in [0.25, 0.3) is 0 Å². The first kappa shape index (κ1) is 7.90. The van der Waals surface area contributed by atoms with E-state index in [0.29, 0.717) is 5.02 Å². The minimum Gasteiger partial charge on any atom is -0.293 e. The SMILES string of the molecule is Cc1ccc(Cl)cc1NC#N. The van der Waals surface area contributed by atoms with Gasteiger partial charge in [0, 0.05) is 5.02 Å². The maximum absolute atomic E-state index is 8.33. The number of nitriles is 1. The lowest BCUT2D eigenvalue weighted by Gasteiger charge is -2.01. The van der Waals surface area contributed by atoms with E-state index in [2.05, 4.69) is 5.32 Å².